The average molecular weight is 448 g/mol. The zero-order chi connectivity index (χ0) is 23.5. The molecule has 0 bridgehead atoms. The number of fused-ring (bicyclic) bond motifs is 1. The molecule has 0 fully saturated rings. The Labute approximate surface area is 191 Å². The molecule has 2 heterocycles. The van der Waals surface area contributed by atoms with Crippen LogP contribution in [0.3, 0.4) is 0 Å². The molecule has 0 saturated carbocycles. The van der Waals surface area contributed by atoms with Gasteiger partial charge in [-0.3, -0.25) is 14.3 Å². The molecule has 1 aliphatic heterocycles. The molecule has 33 heavy (non-hydrogen) atoms. The van der Waals surface area contributed by atoms with Gasteiger partial charge in [0.25, 0.3) is 0 Å². The Morgan fingerprint density at radius 3 is 2.61 bits per heavy atom. The van der Waals surface area contributed by atoms with Gasteiger partial charge in [-0.25, -0.2) is 4.39 Å². The number of nitrogens with one attached hydrogen (secondary N) is 1. The van der Waals surface area contributed by atoms with Crippen LogP contribution in [-0.4, -0.2) is 48.2 Å². The van der Waals surface area contributed by atoms with Crippen molar-refractivity contribution in [3.8, 4) is 23.3 Å². The fourth-order valence-corrected chi connectivity index (χ4v) is 3.96. The zero-order valence-corrected chi connectivity index (χ0v) is 18.8. The van der Waals surface area contributed by atoms with Crippen molar-refractivity contribution in [1.29, 1.82) is 5.26 Å². The Kier molecular flexibility index (Phi) is 6.33. The van der Waals surface area contributed by atoms with E-state index in [0.29, 0.717) is 41.7 Å². The van der Waals surface area contributed by atoms with Gasteiger partial charge in [0.15, 0.2) is 11.5 Å². The number of hydrogen-bond acceptors (Lipinski definition) is 5. The number of halogens is 1. The topological polar surface area (TPSA) is 79.5 Å². The van der Waals surface area contributed by atoms with Crippen molar-refractivity contribution in [2.24, 2.45) is 0 Å². The number of carbonyl (C=O) groups is 1. The SMILES string of the molecule is Cc1c(C#N)c(NC(=O)CN(C)C[C@H]2COc3ccccc3O2)n(-c2ccc(F)cc2)c1C. The molecule has 170 valence electrons. The third kappa shape index (κ3) is 4.69. The highest BCUT2D eigenvalue weighted by atomic mass is 19.1. The Balaban J connectivity index is 1.47. The van der Waals surface area contributed by atoms with Crippen LogP contribution >= 0.6 is 0 Å². The first-order valence-corrected chi connectivity index (χ1v) is 10.6. The Bertz CT molecular complexity index is 1210. The highest BCUT2D eigenvalue weighted by molar-refractivity contribution is 5.93. The molecule has 0 aliphatic carbocycles. The molecule has 8 heteroatoms. The van der Waals surface area contributed by atoms with Gasteiger partial charge in [-0.1, -0.05) is 12.1 Å². The van der Waals surface area contributed by atoms with E-state index in [1.54, 1.807) is 16.7 Å². The molecule has 1 N–H and O–H groups in total. The van der Waals surface area contributed by atoms with Crippen LogP contribution in [0.1, 0.15) is 16.8 Å². The standard InChI is InChI=1S/C25H25FN4O3/c1-16-17(2)30(19-10-8-18(26)9-11-19)25(21(16)12-27)28-24(31)14-29(3)13-20-15-32-22-6-4-5-7-23(22)33-20/h4-11,20H,13-15H2,1-3H3,(H,28,31)/t20-/m0/s1. The van der Waals surface area contributed by atoms with Crippen molar-refractivity contribution in [2.45, 2.75) is 20.0 Å². The average Bonchev–Trinajstić information content (AvgIpc) is 3.03. The number of ether oxygens (including phenoxy) is 2. The molecule has 4 rings (SSSR count). The highest BCUT2D eigenvalue weighted by Crippen LogP contribution is 2.31. The molecule has 1 atom stereocenters. The number of carbonyl (C=O) groups excluding carboxylic acids is 1. The summed E-state index contributed by atoms with van der Waals surface area (Å²) in [5, 5.41) is 12.6. The van der Waals surface area contributed by atoms with Crippen LogP contribution in [0.25, 0.3) is 5.69 Å². The second-order valence-corrected chi connectivity index (χ2v) is 8.10. The minimum Gasteiger partial charge on any atom is -0.486 e. The van der Waals surface area contributed by atoms with Gasteiger partial charge in [0.05, 0.1) is 12.1 Å². The van der Waals surface area contributed by atoms with Crippen molar-refractivity contribution in [3.63, 3.8) is 0 Å². The van der Waals surface area contributed by atoms with E-state index >= 15 is 0 Å². The number of benzene rings is 2. The summed E-state index contributed by atoms with van der Waals surface area (Å²) in [7, 11) is 1.82. The van der Waals surface area contributed by atoms with E-state index in [-0.39, 0.29) is 24.4 Å². The van der Waals surface area contributed by atoms with E-state index in [9.17, 15) is 14.4 Å². The maximum atomic E-state index is 13.4. The Morgan fingerprint density at radius 2 is 1.91 bits per heavy atom. The number of amides is 1. The van der Waals surface area contributed by atoms with Gasteiger partial charge < -0.3 is 14.8 Å². The summed E-state index contributed by atoms with van der Waals surface area (Å²) < 4.78 is 26.9. The van der Waals surface area contributed by atoms with Crippen molar-refractivity contribution in [1.82, 2.24) is 9.47 Å². The number of para-hydroxylation sites is 2. The number of nitrogens with zero attached hydrogens (tertiary/aromatic N) is 3. The van der Waals surface area contributed by atoms with E-state index in [1.165, 1.54) is 12.1 Å². The van der Waals surface area contributed by atoms with Gasteiger partial charge >= 0.3 is 0 Å². The second kappa shape index (κ2) is 9.35. The molecule has 0 saturated heterocycles. The highest BCUT2D eigenvalue weighted by Gasteiger charge is 2.24. The van der Waals surface area contributed by atoms with Crippen LogP contribution in [0, 0.1) is 31.0 Å². The summed E-state index contributed by atoms with van der Waals surface area (Å²) in [6, 6.07) is 15.6. The molecule has 1 aromatic heterocycles. The first-order valence-electron chi connectivity index (χ1n) is 10.6. The lowest BCUT2D eigenvalue weighted by Gasteiger charge is -2.29. The molecule has 3 aromatic rings. The van der Waals surface area contributed by atoms with Crippen LogP contribution in [-0.2, 0) is 4.79 Å². The third-order valence-corrected chi connectivity index (χ3v) is 5.66. The molecule has 1 aliphatic rings. The molecule has 7 nitrogen and oxygen atoms in total. The number of nitriles is 1. The maximum absolute atomic E-state index is 13.4. The van der Waals surface area contributed by atoms with Crippen LogP contribution in [0.2, 0.25) is 0 Å². The third-order valence-electron chi connectivity index (χ3n) is 5.66. The predicted octanol–water partition coefficient (Wildman–Crippen LogP) is 3.82. The summed E-state index contributed by atoms with van der Waals surface area (Å²) in [6.45, 7) is 4.67. The Hall–Kier alpha value is -3.83. The maximum Gasteiger partial charge on any atom is 0.239 e. The summed E-state index contributed by atoms with van der Waals surface area (Å²) in [4.78, 5) is 14.7. The number of hydrogen-bond donors (Lipinski definition) is 1. The number of anilines is 1. The quantitative estimate of drug-likeness (QED) is 0.620. The Morgan fingerprint density at radius 1 is 1.21 bits per heavy atom. The lowest BCUT2D eigenvalue weighted by molar-refractivity contribution is -0.117. The monoisotopic (exact) mass is 448 g/mol. The van der Waals surface area contributed by atoms with Gasteiger partial charge in [0, 0.05) is 17.9 Å². The van der Waals surface area contributed by atoms with Crippen molar-refractivity contribution in [2.75, 3.05) is 32.1 Å². The largest absolute Gasteiger partial charge is 0.486 e. The number of likely N-dealkylation sites (N-methyl/N-ethyl adjacent to an activating group) is 1. The molecule has 2 aromatic carbocycles. The van der Waals surface area contributed by atoms with Crippen LogP contribution in [0.4, 0.5) is 10.2 Å². The summed E-state index contributed by atoms with van der Waals surface area (Å²) >= 11 is 0. The molecular formula is C25H25FN4O3. The first kappa shape index (κ1) is 22.4. The summed E-state index contributed by atoms with van der Waals surface area (Å²) in [5.74, 6) is 1.15. The van der Waals surface area contributed by atoms with Gasteiger partial charge in [-0.15, -0.1) is 0 Å². The number of aromatic nitrogens is 1. The predicted molar refractivity (Wildman–Crippen MR) is 122 cm³/mol. The molecule has 0 radical (unpaired) electrons. The van der Waals surface area contributed by atoms with Gasteiger partial charge in [-0.2, -0.15) is 5.26 Å². The number of rotatable bonds is 6. The lowest BCUT2D eigenvalue weighted by Crippen LogP contribution is -2.42. The van der Waals surface area contributed by atoms with E-state index in [2.05, 4.69) is 11.4 Å². The first-order chi connectivity index (χ1) is 15.9. The van der Waals surface area contributed by atoms with Crippen LogP contribution < -0.4 is 14.8 Å². The second-order valence-electron chi connectivity index (χ2n) is 8.10. The molecule has 1 amide bonds. The van der Waals surface area contributed by atoms with Crippen molar-refractivity contribution in [3.05, 3.63) is 71.2 Å². The molecular weight excluding hydrogens is 423 g/mol. The summed E-state index contributed by atoms with van der Waals surface area (Å²) in [5.41, 5.74) is 2.60. The van der Waals surface area contributed by atoms with E-state index in [1.807, 2.05) is 50.1 Å². The van der Waals surface area contributed by atoms with Crippen molar-refractivity contribution >= 4 is 11.7 Å². The van der Waals surface area contributed by atoms with E-state index in [0.717, 1.165) is 11.3 Å². The molecule has 0 unspecified atom stereocenters. The van der Waals surface area contributed by atoms with E-state index in [4.69, 9.17) is 9.47 Å². The van der Waals surface area contributed by atoms with Gasteiger partial charge in [0.1, 0.15) is 30.4 Å². The van der Waals surface area contributed by atoms with Crippen LogP contribution in [0.5, 0.6) is 11.5 Å². The normalized spacial score (nSPS) is 14.7. The van der Waals surface area contributed by atoms with Crippen molar-refractivity contribution < 1.29 is 18.7 Å². The van der Waals surface area contributed by atoms with E-state index < -0.39 is 0 Å². The fourth-order valence-electron chi connectivity index (χ4n) is 3.96. The minimum absolute atomic E-state index is 0.0963. The smallest absolute Gasteiger partial charge is 0.239 e. The molecule has 0 spiro atoms. The van der Waals surface area contributed by atoms with Gasteiger partial charge in [-0.05, 0) is 62.9 Å². The van der Waals surface area contributed by atoms with Gasteiger partial charge in [0.2, 0.25) is 5.91 Å². The minimum atomic E-state index is -0.357. The lowest BCUT2D eigenvalue weighted by atomic mass is 10.2. The fraction of sp³-hybridized carbons (Fsp3) is 0.280. The zero-order valence-electron chi connectivity index (χ0n) is 18.8. The summed E-state index contributed by atoms with van der Waals surface area (Å²) in [6.07, 6.45) is -0.208. The van der Waals surface area contributed by atoms with Crippen LogP contribution in [0.15, 0.2) is 48.5 Å².